The van der Waals surface area contributed by atoms with Crippen molar-refractivity contribution in [3.63, 3.8) is 0 Å². The van der Waals surface area contributed by atoms with Crippen molar-refractivity contribution >= 4 is 5.78 Å². The van der Waals surface area contributed by atoms with Crippen molar-refractivity contribution in [2.45, 2.75) is 33.2 Å². The van der Waals surface area contributed by atoms with Crippen LogP contribution in [0.1, 0.15) is 42.1 Å². The normalized spacial score (nSPS) is 17.8. The molecule has 0 radical (unpaired) electrons. The second kappa shape index (κ2) is 3.83. The van der Waals surface area contributed by atoms with Gasteiger partial charge in [0.2, 0.25) is 0 Å². The van der Waals surface area contributed by atoms with E-state index in [1.165, 1.54) is 0 Å². The third-order valence-electron chi connectivity index (χ3n) is 3.48. The van der Waals surface area contributed by atoms with Crippen LogP contribution in [-0.2, 0) is 13.0 Å². The maximum absolute atomic E-state index is 12.1. The highest BCUT2D eigenvalue weighted by Crippen LogP contribution is 2.35. The van der Waals surface area contributed by atoms with Gasteiger partial charge in [-0.05, 0) is 17.9 Å². The summed E-state index contributed by atoms with van der Waals surface area (Å²) in [7, 11) is 0. The quantitative estimate of drug-likeness (QED) is 0.816. The van der Waals surface area contributed by atoms with Crippen LogP contribution in [0.5, 0.6) is 0 Å². The number of hydrogen-bond acceptors (Lipinski definition) is 3. The van der Waals surface area contributed by atoms with Crippen molar-refractivity contribution in [2.75, 3.05) is 0 Å². The second-order valence-electron chi connectivity index (χ2n) is 5.72. The Morgan fingerprint density at radius 2 is 2.22 bits per heavy atom. The van der Waals surface area contributed by atoms with Crippen molar-refractivity contribution in [1.82, 2.24) is 9.72 Å². The van der Waals surface area contributed by atoms with Gasteiger partial charge in [-0.2, -0.15) is 0 Å². The van der Waals surface area contributed by atoms with Gasteiger partial charge in [0, 0.05) is 29.9 Å². The van der Waals surface area contributed by atoms with E-state index in [1.807, 2.05) is 18.3 Å². The molecule has 0 spiro atoms. The Labute approximate surface area is 106 Å². The molecule has 1 aliphatic carbocycles. The van der Waals surface area contributed by atoms with Crippen molar-refractivity contribution in [2.24, 2.45) is 5.41 Å². The molecule has 2 aromatic heterocycles. The zero-order valence-electron chi connectivity index (χ0n) is 10.6. The lowest BCUT2D eigenvalue weighted by Crippen LogP contribution is -2.28. The Hall–Kier alpha value is -1.84. The summed E-state index contributed by atoms with van der Waals surface area (Å²) in [4.78, 5) is 12.1. The lowest BCUT2D eigenvalue weighted by atomic mass is 9.76. The molecule has 0 N–H and O–H groups in total. The molecule has 18 heavy (non-hydrogen) atoms. The summed E-state index contributed by atoms with van der Waals surface area (Å²) in [6, 6.07) is 3.77. The van der Waals surface area contributed by atoms with E-state index in [4.69, 9.17) is 4.52 Å². The second-order valence-corrected chi connectivity index (χ2v) is 5.72. The minimum Gasteiger partial charge on any atom is -0.359 e. The topological polar surface area (TPSA) is 48.0 Å². The van der Waals surface area contributed by atoms with E-state index in [9.17, 15) is 4.79 Å². The first kappa shape index (κ1) is 11.3. The first-order valence-electron chi connectivity index (χ1n) is 6.16. The Morgan fingerprint density at radius 3 is 2.94 bits per heavy atom. The van der Waals surface area contributed by atoms with Crippen LogP contribution in [0.4, 0.5) is 0 Å². The summed E-state index contributed by atoms with van der Waals surface area (Å²) in [6.07, 6.45) is 5.16. The van der Waals surface area contributed by atoms with Gasteiger partial charge in [0.1, 0.15) is 0 Å². The minimum absolute atomic E-state index is 0.0433. The molecule has 4 heteroatoms. The summed E-state index contributed by atoms with van der Waals surface area (Å²) >= 11 is 0. The maximum atomic E-state index is 12.1. The van der Waals surface area contributed by atoms with Gasteiger partial charge in [-0.15, -0.1) is 0 Å². The number of carbonyl (C=O) groups excluding carboxylic acids is 1. The van der Waals surface area contributed by atoms with E-state index >= 15 is 0 Å². The lowest BCUT2D eigenvalue weighted by molar-refractivity contribution is 0.0910. The Morgan fingerprint density at radius 1 is 1.39 bits per heavy atom. The van der Waals surface area contributed by atoms with Gasteiger partial charge >= 0.3 is 0 Å². The van der Waals surface area contributed by atoms with Gasteiger partial charge in [0.15, 0.2) is 11.5 Å². The zero-order valence-corrected chi connectivity index (χ0v) is 10.6. The largest absolute Gasteiger partial charge is 0.359 e. The van der Waals surface area contributed by atoms with Crippen molar-refractivity contribution in [1.29, 1.82) is 0 Å². The van der Waals surface area contributed by atoms with Crippen molar-refractivity contribution in [3.05, 3.63) is 41.5 Å². The summed E-state index contributed by atoms with van der Waals surface area (Å²) in [6.45, 7) is 4.91. The fourth-order valence-corrected chi connectivity index (χ4v) is 2.64. The predicted octanol–water partition coefficient (Wildman–Crippen LogP) is 2.68. The van der Waals surface area contributed by atoms with Gasteiger partial charge in [-0.1, -0.05) is 19.0 Å². The number of aromatic nitrogens is 2. The molecule has 0 fully saturated rings. The Bertz CT molecular complexity index is 579. The molecule has 94 valence electrons. The molecule has 0 amide bonds. The summed E-state index contributed by atoms with van der Waals surface area (Å²) in [5.41, 5.74) is 2.03. The Kier molecular flexibility index (Phi) is 2.40. The third-order valence-corrected chi connectivity index (χ3v) is 3.48. The summed E-state index contributed by atoms with van der Waals surface area (Å²) < 4.78 is 7.21. The van der Waals surface area contributed by atoms with Gasteiger partial charge in [-0.25, -0.2) is 0 Å². The van der Waals surface area contributed by atoms with Crippen LogP contribution < -0.4 is 0 Å². The maximum Gasteiger partial charge on any atom is 0.165 e. The zero-order chi connectivity index (χ0) is 12.8. The van der Waals surface area contributed by atoms with Crippen LogP contribution in [0.15, 0.2) is 29.0 Å². The predicted molar refractivity (Wildman–Crippen MR) is 66.5 cm³/mol. The standard InChI is InChI=1S/C14H16N2O2/c1-14(2)7-12-11(13(17)8-14)4-6-16(12)9-10-3-5-15-18-10/h3-6H,7-9H2,1-2H3. The number of Topliss-reactive ketones (excluding diaryl/α,β-unsaturated/α-hetero) is 1. The van der Waals surface area contributed by atoms with Crippen LogP contribution in [0.3, 0.4) is 0 Å². The molecule has 3 rings (SSSR count). The molecule has 0 aliphatic heterocycles. The first-order valence-corrected chi connectivity index (χ1v) is 6.16. The van der Waals surface area contributed by atoms with Crippen LogP contribution in [0.25, 0.3) is 0 Å². The number of carbonyl (C=O) groups is 1. The van der Waals surface area contributed by atoms with E-state index < -0.39 is 0 Å². The fraction of sp³-hybridized carbons (Fsp3) is 0.429. The van der Waals surface area contributed by atoms with Gasteiger partial charge in [0.05, 0.1) is 12.7 Å². The highest BCUT2D eigenvalue weighted by molar-refractivity contribution is 5.98. The smallest absolute Gasteiger partial charge is 0.165 e. The Balaban J connectivity index is 1.97. The average Bonchev–Trinajstić information content (AvgIpc) is 2.88. The van der Waals surface area contributed by atoms with Crippen LogP contribution >= 0.6 is 0 Å². The molecule has 1 aliphatic rings. The number of ketones is 1. The number of fused-ring (bicyclic) bond motifs is 1. The number of hydrogen-bond donors (Lipinski definition) is 0. The van der Waals surface area contributed by atoms with Gasteiger partial charge in [0.25, 0.3) is 0 Å². The van der Waals surface area contributed by atoms with E-state index in [2.05, 4.69) is 23.6 Å². The molecule has 4 nitrogen and oxygen atoms in total. The summed E-state index contributed by atoms with van der Waals surface area (Å²) in [5.74, 6) is 1.06. The molecular weight excluding hydrogens is 228 g/mol. The fourth-order valence-electron chi connectivity index (χ4n) is 2.64. The lowest BCUT2D eigenvalue weighted by Gasteiger charge is -2.29. The van der Waals surface area contributed by atoms with Crippen LogP contribution in [0, 0.1) is 5.41 Å². The number of rotatable bonds is 2. The molecule has 2 heterocycles. The first-order chi connectivity index (χ1) is 8.55. The molecule has 0 bridgehead atoms. The molecule has 0 unspecified atom stereocenters. The van der Waals surface area contributed by atoms with E-state index in [0.29, 0.717) is 13.0 Å². The van der Waals surface area contributed by atoms with Gasteiger partial charge in [-0.3, -0.25) is 4.79 Å². The third kappa shape index (κ3) is 1.88. The highest BCUT2D eigenvalue weighted by Gasteiger charge is 2.32. The molecule has 0 saturated heterocycles. The van der Waals surface area contributed by atoms with Crippen molar-refractivity contribution in [3.8, 4) is 0 Å². The highest BCUT2D eigenvalue weighted by atomic mass is 16.5. The minimum atomic E-state index is 0.0433. The van der Waals surface area contributed by atoms with E-state index in [0.717, 1.165) is 23.4 Å². The number of nitrogens with zero attached hydrogens (tertiary/aromatic N) is 2. The molecule has 0 atom stereocenters. The average molecular weight is 244 g/mol. The van der Waals surface area contributed by atoms with Gasteiger partial charge < -0.3 is 9.09 Å². The SMILES string of the molecule is CC1(C)CC(=O)c2ccn(Cc3ccno3)c2C1. The van der Waals surface area contributed by atoms with E-state index in [-0.39, 0.29) is 11.2 Å². The van der Waals surface area contributed by atoms with E-state index in [1.54, 1.807) is 6.20 Å². The molecule has 0 aromatic carbocycles. The van der Waals surface area contributed by atoms with Crippen LogP contribution in [-0.4, -0.2) is 15.5 Å². The molecule has 2 aromatic rings. The molecule has 0 saturated carbocycles. The monoisotopic (exact) mass is 244 g/mol. The summed E-state index contributed by atoms with van der Waals surface area (Å²) in [5, 5.41) is 3.70. The van der Waals surface area contributed by atoms with Crippen molar-refractivity contribution < 1.29 is 9.32 Å². The molecular formula is C14H16N2O2. The van der Waals surface area contributed by atoms with Crippen LogP contribution in [0.2, 0.25) is 0 Å².